The first-order valence-corrected chi connectivity index (χ1v) is 8.63. The lowest BCUT2D eigenvalue weighted by Gasteiger charge is -2.08. The number of amides is 1. The average Bonchev–Trinajstić information content (AvgIpc) is 2.59. The van der Waals surface area contributed by atoms with Crippen LogP contribution in [0.25, 0.3) is 0 Å². The highest BCUT2D eigenvalue weighted by atomic mass is 32.2. The predicted octanol–water partition coefficient (Wildman–Crippen LogP) is 4.11. The van der Waals surface area contributed by atoms with Gasteiger partial charge in [-0.15, -0.1) is 11.8 Å². The summed E-state index contributed by atoms with van der Waals surface area (Å²) in [6, 6.07) is 13.8. The van der Waals surface area contributed by atoms with Gasteiger partial charge in [-0.25, -0.2) is 0 Å². The van der Waals surface area contributed by atoms with Crippen molar-refractivity contribution in [1.29, 1.82) is 0 Å². The van der Waals surface area contributed by atoms with Crippen molar-refractivity contribution in [2.75, 3.05) is 18.2 Å². The second-order valence-corrected chi connectivity index (χ2v) is 5.84. The molecule has 0 aliphatic heterocycles. The molecule has 0 aromatic heterocycles. The summed E-state index contributed by atoms with van der Waals surface area (Å²) in [5.41, 5.74) is 0.683. The van der Waals surface area contributed by atoms with E-state index in [1.54, 1.807) is 30.0 Å². The number of para-hydroxylation sites is 2. The number of hydrogen-bond acceptors (Lipinski definition) is 5. The van der Waals surface area contributed by atoms with Crippen molar-refractivity contribution in [2.24, 2.45) is 0 Å². The normalized spacial score (nSPS) is 10.2. The SMILES string of the molecule is CSc1cccc(NC(=O)CCCOc2ccccc2[N+](=O)[O-])c1. The quantitative estimate of drug-likeness (QED) is 0.337. The number of anilines is 1. The van der Waals surface area contributed by atoms with Crippen molar-refractivity contribution in [3.63, 3.8) is 0 Å². The van der Waals surface area contributed by atoms with Crippen LogP contribution < -0.4 is 10.1 Å². The Morgan fingerprint density at radius 2 is 2.04 bits per heavy atom. The number of ether oxygens (including phenoxy) is 1. The van der Waals surface area contributed by atoms with Crippen LogP contribution in [0, 0.1) is 10.1 Å². The largest absolute Gasteiger partial charge is 0.487 e. The fraction of sp³-hybridized carbons (Fsp3) is 0.235. The van der Waals surface area contributed by atoms with Crippen LogP contribution in [-0.4, -0.2) is 23.7 Å². The first-order chi connectivity index (χ1) is 11.6. The van der Waals surface area contributed by atoms with E-state index in [4.69, 9.17) is 4.74 Å². The van der Waals surface area contributed by atoms with E-state index in [9.17, 15) is 14.9 Å². The maximum atomic E-state index is 11.9. The van der Waals surface area contributed by atoms with E-state index in [-0.39, 0.29) is 30.4 Å². The fourth-order valence-electron chi connectivity index (χ4n) is 2.07. The Balaban J connectivity index is 1.78. The molecule has 0 aliphatic rings. The molecule has 1 amide bonds. The molecule has 6 nitrogen and oxygen atoms in total. The number of nitrogens with one attached hydrogen (secondary N) is 1. The Labute approximate surface area is 144 Å². The van der Waals surface area contributed by atoms with Crippen LogP contribution in [0.2, 0.25) is 0 Å². The van der Waals surface area contributed by atoms with Crippen LogP contribution >= 0.6 is 11.8 Å². The van der Waals surface area contributed by atoms with Crippen LogP contribution in [0.4, 0.5) is 11.4 Å². The Kier molecular flexibility index (Phi) is 6.62. The summed E-state index contributed by atoms with van der Waals surface area (Å²) in [7, 11) is 0. The molecule has 0 heterocycles. The van der Waals surface area contributed by atoms with Gasteiger partial charge in [-0.2, -0.15) is 0 Å². The van der Waals surface area contributed by atoms with Gasteiger partial charge < -0.3 is 10.1 Å². The monoisotopic (exact) mass is 346 g/mol. The average molecular weight is 346 g/mol. The smallest absolute Gasteiger partial charge is 0.310 e. The molecule has 0 bridgehead atoms. The van der Waals surface area contributed by atoms with Crippen LogP contribution in [0.1, 0.15) is 12.8 Å². The minimum atomic E-state index is -0.485. The Bertz CT molecular complexity index is 721. The first-order valence-electron chi connectivity index (χ1n) is 7.40. The third kappa shape index (κ3) is 5.27. The predicted molar refractivity (Wildman–Crippen MR) is 94.7 cm³/mol. The fourth-order valence-corrected chi connectivity index (χ4v) is 2.53. The van der Waals surface area contributed by atoms with Crippen molar-refractivity contribution < 1.29 is 14.5 Å². The molecule has 2 rings (SSSR count). The summed E-state index contributed by atoms with van der Waals surface area (Å²) >= 11 is 1.61. The molecule has 0 saturated carbocycles. The zero-order valence-corrected chi connectivity index (χ0v) is 14.0. The van der Waals surface area contributed by atoms with Crippen LogP contribution in [0.3, 0.4) is 0 Å². The minimum Gasteiger partial charge on any atom is -0.487 e. The van der Waals surface area contributed by atoms with E-state index in [1.165, 1.54) is 6.07 Å². The number of carbonyl (C=O) groups is 1. The van der Waals surface area contributed by atoms with E-state index < -0.39 is 4.92 Å². The molecule has 0 unspecified atom stereocenters. The number of rotatable bonds is 8. The van der Waals surface area contributed by atoms with Crippen LogP contribution in [0.15, 0.2) is 53.4 Å². The third-order valence-corrected chi connectivity index (χ3v) is 3.95. The van der Waals surface area contributed by atoms with E-state index in [2.05, 4.69) is 5.32 Å². The van der Waals surface area contributed by atoms with Gasteiger partial charge in [-0.3, -0.25) is 14.9 Å². The van der Waals surface area contributed by atoms with Gasteiger partial charge in [0.05, 0.1) is 11.5 Å². The number of nitro benzene ring substituents is 1. The summed E-state index contributed by atoms with van der Waals surface area (Å²) < 4.78 is 5.41. The van der Waals surface area contributed by atoms with Gasteiger partial charge in [0.1, 0.15) is 0 Å². The zero-order chi connectivity index (χ0) is 17.4. The van der Waals surface area contributed by atoms with E-state index in [0.29, 0.717) is 6.42 Å². The topological polar surface area (TPSA) is 81.5 Å². The van der Waals surface area contributed by atoms with Crippen molar-refractivity contribution in [3.05, 3.63) is 58.6 Å². The molecule has 0 spiro atoms. The summed E-state index contributed by atoms with van der Waals surface area (Å²) in [5.74, 6) is 0.106. The zero-order valence-electron chi connectivity index (χ0n) is 13.2. The standard InChI is InChI=1S/C17H18N2O4S/c1-24-14-7-4-6-13(12-14)18-17(20)10-5-11-23-16-9-3-2-8-15(16)19(21)22/h2-4,6-9,12H,5,10-11H2,1H3,(H,18,20). The first kappa shape index (κ1) is 17.8. The van der Waals surface area contributed by atoms with Gasteiger partial charge in [0.25, 0.3) is 0 Å². The molecule has 2 aromatic rings. The summed E-state index contributed by atoms with van der Waals surface area (Å²) in [6.45, 7) is 0.239. The van der Waals surface area contributed by atoms with Crippen molar-refractivity contribution >= 4 is 29.0 Å². The molecular weight excluding hydrogens is 328 g/mol. The van der Waals surface area contributed by atoms with Gasteiger partial charge in [0.2, 0.25) is 5.91 Å². The molecule has 0 radical (unpaired) electrons. The second kappa shape index (κ2) is 8.93. The van der Waals surface area contributed by atoms with Crippen LogP contribution in [0.5, 0.6) is 5.75 Å². The molecule has 2 aromatic carbocycles. The number of nitrogens with zero attached hydrogens (tertiary/aromatic N) is 1. The van der Waals surface area contributed by atoms with Crippen molar-refractivity contribution in [2.45, 2.75) is 17.7 Å². The number of nitro groups is 1. The highest BCUT2D eigenvalue weighted by Gasteiger charge is 2.13. The number of benzene rings is 2. The molecule has 24 heavy (non-hydrogen) atoms. The Morgan fingerprint density at radius 1 is 1.25 bits per heavy atom. The highest BCUT2D eigenvalue weighted by Crippen LogP contribution is 2.26. The number of carbonyl (C=O) groups excluding carboxylic acids is 1. The lowest BCUT2D eigenvalue weighted by molar-refractivity contribution is -0.385. The van der Waals surface area contributed by atoms with E-state index in [1.807, 2.05) is 30.5 Å². The van der Waals surface area contributed by atoms with Gasteiger partial charge in [-0.05, 0) is 36.9 Å². The van der Waals surface area contributed by atoms with Gasteiger partial charge in [-0.1, -0.05) is 18.2 Å². The molecule has 0 atom stereocenters. The maximum absolute atomic E-state index is 11.9. The van der Waals surface area contributed by atoms with Crippen molar-refractivity contribution in [1.82, 2.24) is 0 Å². The maximum Gasteiger partial charge on any atom is 0.310 e. The van der Waals surface area contributed by atoms with Crippen LogP contribution in [-0.2, 0) is 4.79 Å². The van der Waals surface area contributed by atoms with Crippen molar-refractivity contribution in [3.8, 4) is 5.75 Å². The molecule has 126 valence electrons. The highest BCUT2D eigenvalue weighted by molar-refractivity contribution is 7.98. The molecule has 0 fully saturated rings. The molecular formula is C17H18N2O4S. The molecule has 1 N–H and O–H groups in total. The molecule has 0 saturated heterocycles. The molecule has 0 aliphatic carbocycles. The van der Waals surface area contributed by atoms with Gasteiger partial charge in [0, 0.05) is 23.1 Å². The third-order valence-electron chi connectivity index (χ3n) is 3.22. The number of thioether (sulfide) groups is 1. The summed E-state index contributed by atoms with van der Waals surface area (Å²) in [5, 5.41) is 13.7. The van der Waals surface area contributed by atoms with E-state index in [0.717, 1.165) is 10.6 Å². The van der Waals surface area contributed by atoms with Gasteiger partial charge in [0.15, 0.2) is 5.75 Å². The summed E-state index contributed by atoms with van der Waals surface area (Å²) in [4.78, 5) is 23.4. The Hall–Kier alpha value is -2.54. The summed E-state index contributed by atoms with van der Waals surface area (Å²) in [6.07, 6.45) is 2.73. The lowest BCUT2D eigenvalue weighted by atomic mass is 10.2. The number of hydrogen-bond donors (Lipinski definition) is 1. The second-order valence-electron chi connectivity index (χ2n) is 4.96. The van der Waals surface area contributed by atoms with Gasteiger partial charge >= 0.3 is 5.69 Å². The molecule has 7 heteroatoms. The van der Waals surface area contributed by atoms with E-state index >= 15 is 0 Å². The lowest BCUT2D eigenvalue weighted by Crippen LogP contribution is -2.13. The minimum absolute atomic E-state index is 0.0733. The Morgan fingerprint density at radius 3 is 2.79 bits per heavy atom.